The van der Waals surface area contributed by atoms with Crippen LogP contribution in [-0.2, 0) is 11.0 Å². The van der Waals surface area contributed by atoms with Crippen LogP contribution in [0.25, 0.3) is 0 Å². The fourth-order valence-electron chi connectivity index (χ4n) is 2.23. The molecule has 24 heavy (non-hydrogen) atoms. The molecular formula is C14H9F3N2O5. The molecule has 1 atom stereocenters. The summed E-state index contributed by atoms with van der Waals surface area (Å²) in [5, 5.41) is 12.6. The van der Waals surface area contributed by atoms with Crippen molar-refractivity contribution in [3.63, 3.8) is 0 Å². The number of halogens is 3. The number of aromatic nitrogens is 2. The summed E-state index contributed by atoms with van der Waals surface area (Å²) in [5.74, 6) is -0.936. The summed E-state index contributed by atoms with van der Waals surface area (Å²) in [6, 6.07) is 3.40. The molecule has 126 valence electrons. The van der Waals surface area contributed by atoms with Gasteiger partial charge in [-0.05, 0) is 23.8 Å². The van der Waals surface area contributed by atoms with Crippen molar-refractivity contribution in [2.75, 3.05) is 6.79 Å². The van der Waals surface area contributed by atoms with Crippen molar-refractivity contribution in [2.45, 2.75) is 12.2 Å². The fourth-order valence-corrected chi connectivity index (χ4v) is 2.23. The number of hydrogen-bond acceptors (Lipinski definition) is 5. The van der Waals surface area contributed by atoms with Crippen LogP contribution in [0.1, 0.15) is 17.3 Å². The molecule has 0 aliphatic carbocycles. The van der Waals surface area contributed by atoms with Crippen LogP contribution in [0.5, 0.6) is 11.5 Å². The van der Waals surface area contributed by atoms with E-state index < -0.39 is 29.4 Å². The van der Waals surface area contributed by atoms with E-state index in [1.165, 1.54) is 18.2 Å². The molecule has 10 heteroatoms. The van der Waals surface area contributed by atoms with Gasteiger partial charge in [-0.25, -0.2) is 9.48 Å². The number of carboxylic acid groups (broad SMARTS) is 1. The number of rotatable bonds is 3. The third kappa shape index (κ3) is 2.77. The number of aliphatic carboxylic acids is 1. The summed E-state index contributed by atoms with van der Waals surface area (Å²) in [6.45, 7) is -0.0573. The number of carboxylic acids is 1. The fraction of sp³-hybridized carbons (Fsp3) is 0.214. The average molecular weight is 342 g/mol. The van der Waals surface area contributed by atoms with E-state index in [9.17, 15) is 27.9 Å². The van der Waals surface area contributed by atoms with Crippen molar-refractivity contribution in [1.29, 1.82) is 0 Å². The maximum absolute atomic E-state index is 12.8. The van der Waals surface area contributed by atoms with Gasteiger partial charge in [0.05, 0.1) is 0 Å². The molecule has 7 nitrogen and oxygen atoms in total. The zero-order chi connectivity index (χ0) is 17.5. The van der Waals surface area contributed by atoms with Gasteiger partial charge in [-0.1, -0.05) is 6.07 Å². The van der Waals surface area contributed by atoms with E-state index in [1.807, 2.05) is 0 Å². The van der Waals surface area contributed by atoms with Crippen LogP contribution in [0.3, 0.4) is 0 Å². The Bertz CT molecular complexity index is 862. The molecule has 0 radical (unpaired) electrons. The highest BCUT2D eigenvalue weighted by atomic mass is 19.4. The first-order valence-electron chi connectivity index (χ1n) is 6.57. The highest BCUT2D eigenvalue weighted by molar-refractivity contribution is 5.76. The third-order valence-electron chi connectivity index (χ3n) is 3.31. The maximum Gasteiger partial charge on any atom is 0.435 e. The van der Waals surface area contributed by atoms with Crippen LogP contribution in [0, 0.1) is 0 Å². The van der Waals surface area contributed by atoms with Crippen molar-refractivity contribution in [3.05, 3.63) is 51.9 Å². The highest BCUT2D eigenvalue weighted by Crippen LogP contribution is 2.35. The normalized spacial score (nSPS) is 14.5. The highest BCUT2D eigenvalue weighted by Gasteiger charge is 2.35. The summed E-state index contributed by atoms with van der Waals surface area (Å²) >= 11 is 0. The minimum absolute atomic E-state index is 0.0284. The zero-order valence-electron chi connectivity index (χ0n) is 11.8. The summed E-state index contributed by atoms with van der Waals surface area (Å²) in [4.78, 5) is 23.4. The van der Waals surface area contributed by atoms with Crippen LogP contribution in [-0.4, -0.2) is 27.6 Å². The molecule has 2 aromatic rings. The van der Waals surface area contributed by atoms with Gasteiger partial charge in [-0.15, -0.1) is 0 Å². The maximum atomic E-state index is 12.8. The monoisotopic (exact) mass is 342 g/mol. The Labute approximate surface area is 131 Å². The molecule has 0 spiro atoms. The second-order valence-corrected chi connectivity index (χ2v) is 4.85. The Morgan fingerprint density at radius 2 is 1.92 bits per heavy atom. The van der Waals surface area contributed by atoms with Gasteiger partial charge in [0.25, 0.3) is 5.56 Å². The Hall–Kier alpha value is -3.04. The second-order valence-electron chi connectivity index (χ2n) is 4.85. The van der Waals surface area contributed by atoms with Gasteiger partial charge in [0.2, 0.25) is 6.79 Å². The zero-order valence-corrected chi connectivity index (χ0v) is 11.8. The molecule has 1 unspecified atom stereocenters. The SMILES string of the molecule is O=C(O)C(c1ccc2c(c1)OCO2)n1nc(C(F)(F)F)ccc1=O. The molecule has 0 amide bonds. The first-order valence-corrected chi connectivity index (χ1v) is 6.57. The number of hydrogen-bond donors (Lipinski definition) is 1. The molecule has 1 N–H and O–H groups in total. The summed E-state index contributed by atoms with van der Waals surface area (Å²) in [6.07, 6.45) is -4.81. The Kier molecular flexibility index (Phi) is 3.66. The molecule has 1 aliphatic rings. The van der Waals surface area contributed by atoms with Gasteiger partial charge in [0.1, 0.15) is 0 Å². The second kappa shape index (κ2) is 5.55. The van der Waals surface area contributed by atoms with E-state index in [-0.39, 0.29) is 22.8 Å². The van der Waals surface area contributed by atoms with E-state index in [1.54, 1.807) is 0 Å². The molecule has 1 aromatic heterocycles. The molecule has 0 saturated heterocycles. The molecule has 1 aliphatic heterocycles. The van der Waals surface area contributed by atoms with E-state index >= 15 is 0 Å². The van der Waals surface area contributed by atoms with Crippen LogP contribution >= 0.6 is 0 Å². The van der Waals surface area contributed by atoms with Crippen molar-refractivity contribution >= 4 is 5.97 Å². The van der Waals surface area contributed by atoms with Gasteiger partial charge in [0, 0.05) is 6.07 Å². The topological polar surface area (TPSA) is 90.7 Å². The van der Waals surface area contributed by atoms with Gasteiger partial charge < -0.3 is 14.6 Å². The van der Waals surface area contributed by atoms with E-state index in [4.69, 9.17) is 9.47 Å². The largest absolute Gasteiger partial charge is 0.479 e. The molecule has 0 bridgehead atoms. The van der Waals surface area contributed by atoms with Crippen LogP contribution in [0.15, 0.2) is 35.1 Å². The minimum Gasteiger partial charge on any atom is -0.479 e. The lowest BCUT2D eigenvalue weighted by molar-refractivity contribution is -0.145. The lowest BCUT2D eigenvalue weighted by Crippen LogP contribution is -2.34. The van der Waals surface area contributed by atoms with Gasteiger partial charge in [-0.2, -0.15) is 18.3 Å². The quantitative estimate of drug-likeness (QED) is 0.912. The van der Waals surface area contributed by atoms with E-state index in [2.05, 4.69) is 5.10 Å². The number of carbonyl (C=O) groups is 1. The Balaban J connectivity index is 2.13. The van der Waals surface area contributed by atoms with Crippen LogP contribution in [0.2, 0.25) is 0 Å². The van der Waals surface area contributed by atoms with E-state index in [0.717, 1.165) is 0 Å². The van der Waals surface area contributed by atoms with E-state index in [0.29, 0.717) is 17.9 Å². The molecule has 0 fully saturated rings. The van der Waals surface area contributed by atoms with Gasteiger partial charge >= 0.3 is 12.1 Å². The molecule has 2 heterocycles. The first-order chi connectivity index (χ1) is 11.3. The summed E-state index contributed by atoms with van der Waals surface area (Å²) in [5.41, 5.74) is -2.32. The number of fused-ring (bicyclic) bond motifs is 1. The first kappa shape index (κ1) is 15.8. The standard InChI is InChI=1S/C14H9F3N2O5/c15-14(16,17)10-3-4-11(20)19(18-10)12(13(21)22)7-1-2-8-9(5-7)24-6-23-8/h1-5,12H,6H2,(H,21,22). The van der Waals surface area contributed by atoms with Crippen molar-refractivity contribution in [1.82, 2.24) is 9.78 Å². The number of nitrogens with zero attached hydrogens (tertiary/aromatic N) is 2. The number of ether oxygens (including phenoxy) is 2. The number of alkyl halides is 3. The predicted molar refractivity (Wildman–Crippen MR) is 71.8 cm³/mol. The molecular weight excluding hydrogens is 333 g/mol. The lowest BCUT2D eigenvalue weighted by atomic mass is 10.1. The summed E-state index contributed by atoms with van der Waals surface area (Å²) < 4.78 is 48.8. The molecule has 0 saturated carbocycles. The van der Waals surface area contributed by atoms with Gasteiger partial charge in [0.15, 0.2) is 23.2 Å². The molecule has 3 rings (SSSR count). The molecule has 1 aromatic carbocycles. The van der Waals surface area contributed by atoms with Crippen molar-refractivity contribution in [3.8, 4) is 11.5 Å². The van der Waals surface area contributed by atoms with Crippen LogP contribution < -0.4 is 15.0 Å². The van der Waals surface area contributed by atoms with Gasteiger partial charge in [-0.3, -0.25) is 4.79 Å². The predicted octanol–water partition coefficient (Wildman–Crippen LogP) is 1.66. The third-order valence-corrected chi connectivity index (χ3v) is 3.31. The minimum atomic E-state index is -4.81. The lowest BCUT2D eigenvalue weighted by Gasteiger charge is -2.16. The smallest absolute Gasteiger partial charge is 0.435 e. The Morgan fingerprint density at radius 3 is 2.58 bits per heavy atom. The average Bonchev–Trinajstić information content (AvgIpc) is 2.95. The summed E-state index contributed by atoms with van der Waals surface area (Å²) in [7, 11) is 0. The van der Waals surface area contributed by atoms with Crippen LogP contribution in [0.4, 0.5) is 13.2 Å². The van der Waals surface area contributed by atoms with Crippen molar-refractivity contribution in [2.24, 2.45) is 0 Å². The van der Waals surface area contributed by atoms with Crippen molar-refractivity contribution < 1.29 is 32.5 Å². The Morgan fingerprint density at radius 1 is 1.21 bits per heavy atom. The number of benzene rings is 1.